The summed E-state index contributed by atoms with van der Waals surface area (Å²) in [6.45, 7) is 1.79. The number of amides is 1. The predicted octanol–water partition coefficient (Wildman–Crippen LogP) is 0.0771. The number of β-lactam (4-membered cyclic amide) rings is 1. The fourth-order valence-electron chi connectivity index (χ4n) is 3.80. The topological polar surface area (TPSA) is 78.5 Å². The molecule has 0 aliphatic carbocycles. The van der Waals surface area contributed by atoms with E-state index in [1.54, 1.807) is 11.8 Å². The van der Waals surface area contributed by atoms with Crippen LogP contribution in [-0.2, 0) is 23.2 Å². The van der Waals surface area contributed by atoms with Gasteiger partial charge in [-0.05, 0) is 6.42 Å². The lowest BCUT2D eigenvalue weighted by molar-refractivity contribution is -0.671. The molecule has 4 rings (SSSR count). The normalized spacial score (nSPS) is 29.1. The van der Waals surface area contributed by atoms with Gasteiger partial charge in [-0.3, -0.25) is 4.79 Å². The third-order valence-corrected chi connectivity index (χ3v) is 6.26. The minimum Gasteiger partial charge on any atom is -0.477 e. The van der Waals surface area contributed by atoms with Crippen LogP contribution in [-0.4, -0.2) is 50.3 Å². The Kier molecular flexibility index (Phi) is 3.88. The summed E-state index contributed by atoms with van der Waals surface area (Å²) in [6, 6.07) is 0.472. The predicted molar refractivity (Wildman–Crippen MR) is 87.9 cm³/mol. The summed E-state index contributed by atoms with van der Waals surface area (Å²) in [5.74, 6) is -1.04. The number of aryl methyl sites for hydroxylation is 1. The van der Waals surface area contributed by atoms with Crippen molar-refractivity contribution in [1.82, 2.24) is 14.8 Å². The molecule has 0 radical (unpaired) electrons. The lowest BCUT2D eigenvalue weighted by Gasteiger charge is -2.34. The van der Waals surface area contributed by atoms with E-state index < -0.39 is 5.97 Å². The molecule has 24 heavy (non-hydrogen) atoms. The average molecular weight is 349 g/mol. The van der Waals surface area contributed by atoms with Crippen LogP contribution < -0.4 is 9.88 Å². The van der Waals surface area contributed by atoms with Crippen LogP contribution in [0.25, 0.3) is 0 Å². The van der Waals surface area contributed by atoms with E-state index in [9.17, 15) is 14.7 Å². The minimum absolute atomic E-state index is 0.0594. The number of nitrogens with zero attached hydrogens (tertiary/aromatic N) is 3. The highest BCUT2D eigenvalue weighted by molar-refractivity contribution is 8.03. The number of thioether (sulfide) groups is 1. The number of hydrogen-bond acceptors (Lipinski definition) is 4. The van der Waals surface area contributed by atoms with Gasteiger partial charge in [0.15, 0.2) is 0 Å². The van der Waals surface area contributed by atoms with Gasteiger partial charge < -0.3 is 15.3 Å². The Morgan fingerprint density at radius 2 is 2.33 bits per heavy atom. The first-order valence-electron chi connectivity index (χ1n) is 8.21. The van der Waals surface area contributed by atoms with Crippen molar-refractivity contribution in [2.24, 2.45) is 7.05 Å². The third kappa shape index (κ3) is 2.73. The van der Waals surface area contributed by atoms with Gasteiger partial charge in [0.1, 0.15) is 24.6 Å². The van der Waals surface area contributed by atoms with E-state index in [2.05, 4.69) is 22.4 Å². The summed E-state index contributed by atoms with van der Waals surface area (Å²) < 4.78 is 4.18. The maximum atomic E-state index is 11.7. The molecule has 128 valence electrons. The van der Waals surface area contributed by atoms with Gasteiger partial charge in [-0.2, -0.15) is 0 Å². The number of fused-ring (bicyclic) bond motifs is 1. The van der Waals surface area contributed by atoms with Gasteiger partial charge in [-0.1, -0.05) is 0 Å². The smallest absolute Gasteiger partial charge is 0.353 e. The van der Waals surface area contributed by atoms with Crippen LogP contribution in [0.4, 0.5) is 0 Å². The summed E-state index contributed by atoms with van der Waals surface area (Å²) in [6.07, 6.45) is 8.32. The lowest BCUT2D eigenvalue weighted by Crippen LogP contribution is -2.49. The first kappa shape index (κ1) is 15.7. The van der Waals surface area contributed by atoms with Crippen LogP contribution in [0.2, 0.25) is 0 Å². The second-order valence-electron chi connectivity index (χ2n) is 6.76. The molecule has 2 N–H and O–H groups in total. The molecule has 1 unspecified atom stereocenters. The molecule has 2 fully saturated rings. The standard InChI is InChI=1S/C16H20N4O3S/c1-18-2-3-19(9-18)8-10-4-12(7-17-10)24-13-5-11-6-14(21)20(11)15(13)16(22)23/h2-3,9-12,17H,4-8H2,1H3/p+1/t10-,11?,12-/m0/s1. The van der Waals surface area contributed by atoms with Crippen LogP contribution in [0, 0.1) is 0 Å². The van der Waals surface area contributed by atoms with E-state index in [0.717, 1.165) is 24.4 Å². The highest BCUT2D eigenvalue weighted by Gasteiger charge is 2.48. The number of nitrogens with one attached hydrogen (secondary N) is 1. The first-order chi connectivity index (χ1) is 11.5. The molecule has 1 aromatic heterocycles. The monoisotopic (exact) mass is 349 g/mol. The Morgan fingerprint density at radius 3 is 3.00 bits per heavy atom. The van der Waals surface area contributed by atoms with Crippen molar-refractivity contribution < 1.29 is 19.3 Å². The zero-order chi connectivity index (χ0) is 16.8. The molecule has 0 aromatic carbocycles. The second kappa shape index (κ2) is 5.93. The highest BCUT2D eigenvalue weighted by Crippen LogP contribution is 2.45. The molecule has 0 saturated carbocycles. The van der Waals surface area contributed by atoms with Gasteiger partial charge in [-0.25, -0.2) is 13.9 Å². The van der Waals surface area contributed by atoms with E-state index in [4.69, 9.17) is 0 Å². The van der Waals surface area contributed by atoms with Crippen molar-refractivity contribution in [3.8, 4) is 0 Å². The maximum absolute atomic E-state index is 11.7. The average Bonchev–Trinajstić information content (AvgIpc) is 3.19. The molecule has 7 nitrogen and oxygen atoms in total. The Balaban J connectivity index is 1.40. The molecule has 1 aromatic rings. The summed E-state index contributed by atoms with van der Waals surface area (Å²) >= 11 is 1.65. The fraction of sp³-hybridized carbons (Fsp3) is 0.562. The molecule has 0 bridgehead atoms. The zero-order valence-corrected chi connectivity index (χ0v) is 14.3. The Morgan fingerprint density at radius 1 is 1.50 bits per heavy atom. The molecule has 3 atom stereocenters. The fourth-order valence-corrected chi connectivity index (χ4v) is 5.30. The summed E-state index contributed by atoms with van der Waals surface area (Å²) in [5, 5.41) is 13.3. The van der Waals surface area contributed by atoms with Crippen molar-refractivity contribution in [2.75, 3.05) is 6.54 Å². The van der Waals surface area contributed by atoms with Crippen LogP contribution in [0.15, 0.2) is 29.3 Å². The van der Waals surface area contributed by atoms with Crippen LogP contribution in [0.1, 0.15) is 19.3 Å². The summed E-state index contributed by atoms with van der Waals surface area (Å²) in [7, 11) is 2.00. The number of aliphatic carboxylic acids is 1. The number of hydrogen-bond donors (Lipinski definition) is 2. The minimum atomic E-state index is -0.976. The number of carboxylic acid groups (broad SMARTS) is 1. The Bertz CT molecular complexity index is 729. The molecule has 2 saturated heterocycles. The number of carbonyl (C=O) groups excluding carboxylic acids is 1. The number of carbonyl (C=O) groups is 2. The largest absolute Gasteiger partial charge is 0.477 e. The van der Waals surface area contributed by atoms with Gasteiger partial charge in [-0.15, -0.1) is 11.8 Å². The molecule has 0 spiro atoms. The Hall–Kier alpha value is -1.80. The van der Waals surface area contributed by atoms with Crippen LogP contribution in [0.3, 0.4) is 0 Å². The van der Waals surface area contributed by atoms with Gasteiger partial charge in [0.2, 0.25) is 12.2 Å². The lowest BCUT2D eigenvalue weighted by atomic mass is 10.0. The second-order valence-corrected chi connectivity index (χ2v) is 8.15. The van der Waals surface area contributed by atoms with Crippen LogP contribution >= 0.6 is 11.8 Å². The number of rotatable bonds is 5. The summed E-state index contributed by atoms with van der Waals surface area (Å²) in [4.78, 5) is 25.6. The van der Waals surface area contributed by atoms with Crippen LogP contribution in [0.5, 0.6) is 0 Å². The van der Waals surface area contributed by atoms with E-state index in [-0.39, 0.29) is 17.6 Å². The highest BCUT2D eigenvalue weighted by atomic mass is 32.2. The third-order valence-electron chi connectivity index (χ3n) is 4.92. The maximum Gasteiger partial charge on any atom is 0.353 e. The summed E-state index contributed by atoms with van der Waals surface area (Å²) in [5.41, 5.74) is 0.224. The molecular formula is C16H21N4O3S+. The van der Waals surface area contributed by atoms with E-state index >= 15 is 0 Å². The molecule has 3 aliphatic rings. The van der Waals surface area contributed by atoms with Gasteiger partial charge in [0.25, 0.3) is 0 Å². The molecule has 1 amide bonds. The van der Waals surface area contributed by atoms with E-state index in [0.29, 0.717) is 24.1 Å². The Labute approximate surface area is 144 Å². The van der Waals surface area contributed by atoms with E-state index in [1.165, 1.54) is 4.90 Å². The van der Waals surface area contributed by atoms with Crippen molar-refractivity contribution >= 4 is 23.6 Å². The SMILES string of the molecule is C[n+]1ccn(C[C@@H]2C[C@H](SC3=C(C(=O)O)N4C(=O)CC4C3)CN2)c1. The quantitative estimate of drug-likeness (QED) is 0.581. The van der Waals surface area contributed by atoms with Gasteiger partial charge in [0, 0.05) is 35.6 Å². The van der Waals surface area contributed by atoms with Crippen molar-refractivity contribution in [3.05, 3.63) is 29.3 Å². The van der Waals surface area contributed by atoms with Crippen molar-refractivity contribution in [1.29, 1.82) is 0 Å². The molecular weight excluding hydrogens is 328 g/mol. The number of aromatic nitrogens is 2. The van der Waals surface area contributed by atoms with Gasteiger partial charge in [0.05, 0.1) is 13.1 Å². The number of imidazole rings is 1. The molecule has 4 heterocycles. The number of carboxylic acids is 1. The van der Waals surface area contributed by atoms with E-state index in [1.807, 2.05) is 17.8 Å². The van der Waals surface area contributed by atoms with Gasteiger partial charge >= 0.3 is 5.97 Å². The molecule has 8 heteroatoms. The van der Waals surface area contributed by atoms with Crippen molar-refractivity contribution in [3.63, 3.8) is 0 Å². The molecule has 3 aliphatic heterocycles. The first-order valence-corrected chi connectivity index (χ1v) is 9.09. The zero-order valence-electron chi connectivity index (χ0n) is 13.5. The van der Waals surface area contributed by atoms with Crippen molar-refractivity contribution in [2.45, 2.75) is 43.1 Å².